The van der Waals surface area contributed by atoms with Gasteiger partial charge in [0.2, 0.25) is 0 Å². The van der Waals surface area contributed by atoms with E-state index in [1.54, 1.807) is 0 Å². The Morgan fingerprint density at radius 2 is 2.22 bits per heavy atom. The van der Waals surface area contributed by atoms with E-state index in [1.807, 2.05) is 0 Å². The molecule has 0 atom stereocenters. The number of nitrogens with one attached hydrogen (secondary N) is 1. The molecule has 1 aliphatic rings. The van der Waals surface area contributed by atoms with Crippen LogP contribution in [-0.2, 0) is 6.54 Å². The predicted molar refractivity (Wildman–Crippen MR) is 64.1 cm³/mol. The van der Waals surface area contributed by atoms with E-state index in [0.29, 0.717) is 11.3 Å². The Kier molecular flexibility index (Phi) is 2.80. The highest BCUT2D eigenvalue weighted by molar-refractivity contribution is 5.41. The monoisotopic (exact) mass is 249 g/mol. The Morgan fingerprint density at radius 1 is 1.44 bits per heavy atom. The van der Waals surface area contributed by atoms with Crippen LogP contribution in [0.4, 0.5) is 0 Å². The summed E-state index contributed by atoms with van der Waals surface area (Å²) < 4.78 is 2.87. The average Bonchev–Trinajstić information content (AvgIpc) is 2.84. The molecular formula is C10H15N7O. The molecule has 0 unspecified atom stereocenters. The summed E-state index contributed by atoms with van der Waals surface area (Å²) in [5.74, 6) is 0. The van der Waals surface area contributed by atoms with E-state index in [0.717, 1.165) is 25.9 Å². The second kappa shape index (κ2) is 4.46. The zero-order valence-electron chi connectivity index (χ0n) is 9.91. The highest BCUT2D eigenvalue weighted by atomic mass is 16.2. The Balaban J connectivity index is 2.08. The third kappa shape index (κ3) is 1.70. The fourth-order valence-electron chi connectivity index (χ4n) is 2.29. The minimum Gasteiger partial charge on any atom is -0.325 e. The molecule has 1 aliphatic heterocycles. The Morgan fingerprint density at radius 3 is 2.94 bits per heavy atom. The third-order valence-electron chi connectivity index (χ3n) is 3.30. The maximum atomic E-state index is 12.3. The summed E-state index contributed by atoms with van der Waals surface area (Å²) in [5.41, 5.74) is 6.38. The minimum atomic E-state index is -0.195. The summed E-state index contributed by atoms with van der Waals surface area (Å²) in [7, 11) is 0. The average molecular weight is 249 g/mol. The topological polar surface area (TPSA) is 103 Å². The van der Waals surface area contributed by atoms with Crippen LogP contribution in [0.1, 0.15) is 24.6 Å². The van der Waals surface area contributed by atoms with E-state index in [-0.39, 0.29) is 18.3 Å². The number of nitrogens with zero attached hydrogens (tertiary/aromatic N) is 5. The molecule has 0 radical (unpaired) electrons. The summed E-state index contributed by atoms with van der Waals surface area (Å²) >= 11 is 0. The first kappa shape index (κ1) is 11.3. The van der Waals surface area contributed by atoms with Crippen molar-refractivity contribution in [2.45, 2.75) is 25.4 Å². The standard InChI is InChI=1S/C10H15N7O/c11-5-8-9-14-15-17(7-1-3-12-4-2-7)10(18)16(9)6-13-8/h6-7,12H,1-5,11H2. The van der Waals surface area contributed by atoms with E-state index in [1.165, 1.54) is 15.4 Å². The number of nitrogens with two attached hydrogens (primary N) is 1. The summed E-state index contributed by atoms with van der Waals surface area (Å²) in [5, 5.41) is 11.3. The molecule has 18 heavy (non-hydrogen) atoms. The first-order chi connectivity index (χ1) is 8.81. The number of rotatable bonds is 2. The molecule has 96 valence electrons. The van der Waals surface area contributed by atoms with Gasteiger partial charge in [-0.05, 0) is 25.9 Å². The van der Waals surface area contributed by atoms with Gasteiger partial charge in [0, 0.05) is 6.54 Å². The number of aromatic nitrogens is 5. The molecule has 3 rings (SSSR count). The number of imidazole rings is 1. The van der Waals surface area contributed by atoms with Gasteiger partial charge in [-0.25, -0.2) is 14.2 Å². The SMILES string of the molecule is NCc1ncn2c(=O)n(C3CCNCC3)nnc12. The number of hydrogen-bond acceptors (Lipinski definition) is 6. The lowest BCUT2D eigenvalue weighted by atomic mass is 10.1. The molecule has 0 saturated carbocycles. The fraction of sp³-hybridized carbons (Fsp3) is 0.600. The second-order valence-electron chi connectivity index (χ2n) is 4.39. The van der Waals surface area contributed by atoms with Gasteiger partial charge in [0.15, 0.2) is 5.65 Å². The highest BCUT2D eigenvalue weighted by Crippen LogP contribution is 2.14. The van der Waals surface area contributed by atoms with Crippen molar-refractivity contribution in [3.05, 3.63) is 22.5 Å². The van der Waals surface area contributed by atoms with Gasteiger partial charge in [-0.15, -0.1) is 5.10 Å². The highest BCUT2D eigenvalue weighted by Gasteiger charge is 2.19. The van der Waals surface area contributed by atoms with Gasteiger partial charge in [-0.3, -0.25) is 0 Å². The zero-order valence-corrected chi connectivity index (χ0v) is 9.91. The van der Waals surface area contributed by atoms with Crippen LogP contribution in [0.15, 0.2) is 11.1 Å². The fourth-order valence-corrected chi connectivity index (χ4v) is 2.29. The molecule has 2 aromatic heterocycles. The quantitative estimate of drug-likeness (QED) is 0.683. The summed E-state index contributed by atoms with van der Waals surface area (Å²) in [4.78, 5) is 16.3. The number of piperidine rings is 1. The summed E-state index contributed by atoms with van der Waals surface area (Å²) in [6.45, 7) is 2.05. The molecule has 8 heteroatoms. The first-order valence-electron chi connectivity index (χ1n) is 6.03. The van der Waals surface area contributed by atoms with Crippen molar-refractivity contribution in [1.29, 1.82) is 0 Å². The summed E-state index contributed by atoms with van der Waals surface area (Å²) in [6, 6.07) is 0.111. The van der Waals surface area contributed by atoms with Gasteiger partial charge in [-0.2, -0.15) is 4.68 Å². The smallest absolute Gasteiger partial charge is 0.325 e. The van der Waals surface area contributed by atoms with Crippen LogP contribution in [-0.4, -0.2) is 37.5 Å². The molecule has 1 fully saturated rings. The van der Waals surface area contributed by atoms with Crippen molar-refractivity contribution in [1.82, 2.24) is 29.7 Å². The van der Waals surface area contributed by atoms with Gasteiger partial charge in [-0.1, -0.05) is 5.21 Å². The minimum absolute atomic E-state index is 0.111. The summed E-state index contributed by atoms with van der Waals surface area (Å²) in [6.07, 6.45) is 3.24. The third-order valence-corrected chi connectivity index (χ3v) is 3.30. The molecule has 0 aromatic carbocycles. The van der Waals surface area contributed by atoms with Crippen molar-refractivity contribution >= 4 is 5.65 Å². The van der Waals surface area contributed by atoms with Gasteiger partial charge in [0.1, 0.15) is 12.0 Å². The molecule has 0 amide bonds. The van der Waals surface area contributed by atoms with E-state index < -0.39 is 0 Å². The van der Waals surface area contributed by atoms with Crippen molar-refractivity contribution in [2.75, 3.05) is 13.1 Å². The normalized spacial score (nSPS) is 17.4. The molecule has 1 saturated heterocycles. The second-order valence-corrected chi connectivity index (χ2v) is 4.39. The molecular weight excluding hydrogens is 234 g/mol. The van der Waals surface area contributed by atoms with Crippen LogP contribution >= 0.6 is 0 Å². The van der Waals surface area contributed by atoms with E-state index >= 15 is 0 Å². The Hall–Kier alpha value is -1.80. The van der Waals surface area contributed by atoms with E-state index in [9.17, 15) is 4.79 Å². The molecule has 3 N–H and O–H groups in total. The molecule has 0 spiro atoms. The van der Waals surface area contributed by atoms with Crippen molar-refractivity contribution in [3.8, 4) is 0 Å². The van der Waals surface area contributed by atoms with Crippen molar-refractivity contribution < 1.29 is 0 Å². The zero-order chi connectivity index (χ0) is 12.5. The van der Waals surface area contributed by atoms with E-state index in [2.05, 4.69) is 20.6 Å². The van der Waals surface area contributed by atoms with E-state index in [4.69, 9.17) is 5.73 Å². The van der Waals surface area contributed by atoms with Crippen LogP contribution in [0.25, 0.3) is 5.65 Å². The predicted octanol–water partition coefficient (Wildman–Crippen LogP) is -1.33. The lowest BCUT2D eigenvalue weighted by Crippen LogP contribution is -2.38. The molecule has 0 aliphatic carbocycles. The molecule has 3 heterocycles. The first-order valence-corrected chi connectivity index (χ1v) is 6.03. The molecule has 0 bridgehead atoms. The van der Waals surface area contributed by atoms with Crippen LogP contribution in [0.5, 0.6) is 0 Å². The number of fused-ring (bicyclic) bond motifs is 1. The van der Waals surface area contributed by atoms with Crippen molar-refractivity contribution in [3.63, 3.8) is 0 Å². The number of hydrogen-bond donors (Lipinski definition) is 2. The van der Waals surface area contributed by atoms with Crippen LogP contribution < -0.4 is 16.7 Å². The van der Waals surface area contributed by atoms with Gasteiger partial charge < -0.3 is 11.1 Å². The van der Waals surface area contributed by atoms with Crippen molar-refractivity contribution in [2.24, 2.45) is 5.73 Å². The van der Waals surface area contributed by atoms with Gasteiger partial charge in [0.25, 0.3) is 0 Å². The van der Waals surface area contributed by atoms with Crippen LogP contribution in [0.2, 0.25) is 0 Å². The van der Waals surface area contributed by atoms with Crippen LogP contribution in [0, 0.1) is 0 Å². The largest absolute Gasteiger partial charge is 0.353 e. The molecule has 8 nitrogen and oxygen atoms in total. The Bertz CT molecular complexity index is 610. The van der Waals surface area contributed by atoms with Gasteiger partial charge >= 0.3 is 5.69 Å². The lowest BCUT2D eigenvalue weighted by Gasteiger charge is -2.22. The molecule has 2 aromatic rings. The lowest BCUT2D eigenvalue weighted by molar-refractivity contribution is 0.315. The van der Waals surface area contributed by atoms with Gasteiger partial charge in [0.05, 0.1) is 6.04 Å². The maximum Gasteiger partial charge on any atom is 0.353 e. The van der Waals surface area contributed by atoms with Crippen LogP contribution in [0.3, 0.4) is 0 Å². The maximum absolute atomic E-state index is 12.3. The Labute approximate surface area is 103 Å².